The molecule has 3 N–H and O–H groups in total. The number of aromatic nitrogens is 1. The van der Waals surface area contributed by atoms with Gasteiger partial charge < -0.3 is 11.1 Å². The van der Waals surface area contributed by atoms with Gasteiger partial charge in [-0.15, -0.1) is 11.3 Å². The number of halogens is 2. The maximum absolute atomic E-state index is 12.2. The summed E-state index contributed by atoms with van der Waals surface area (Å²) >= 11 is 15.2. The molecule has 3 rings (SSSR count). The highest BCUT2D eigenvalue weighted by Gasteiger charge is 2.16. The van der Waals surface area contributed by atoms with E-state index in [1.54, 1.807) is 11.3 Å². The van der Waals surface area contributed by atoms with Crippen molar-refractivity contribution in [1.82, 2.24) is 15.2 Å². The van der Waals surface area contributed by atoms with Crippen molar-refractivity contribution in [3.63, 3.8) is 0 Å². The zero-order valence-corrected chi connectivity index (χ0v) is 20.7. The number of thioether (sulfide) groups is 1. The summed E-state index contributed by atoms with van der Waals surface area (Å²) in [7, 11) is 2.09. The summed E-state index contributed by atoms with van der Waals surface area (Å²) in [4.78, 5) is 19.0. The first-order valence-electron chi connectivity index (χ1n) is 10.1. The molecule has 0 aliphatic heterocycles. The highest BCUT2D eigenvalue weighted by atomic mass is 35.5. The largest absolute Gasteiger partial charge is 0.399 e. The number of nitrogens with two attached hydrogens (primary N) is 1. The van der Waals surface area contributed by atoms with Crippen LogP contribution < -0.4 is 11.1 Å². The molecule has 2 aromatic carbocycles. The fourth-order valence-corrected chi connectivity index (χ4v) is 5.65. The second-order valence-corrected chi connectivity index (χ2v) is 10.3. The molecule has 0 saturated carbocycles. The van der Waals surface area contributed by atoms with Gasteiger partial charge in [0.05, 0.1) is 26.0 Å². The summed E-state index contributed by atoms with van der Waals surface area (Å²) in [6.45, 7) is 3.66. The zero-order valence-electron chi connectivity index (χ0n) is 17.5. The van der Waals surface area contributed by atoms with E-state index in [9.17, 15) is 4.79 Å². The highest BCUT2D eigenvalue weighted by molar-refractivity contribution is 8.01. The quantitative estimate of drug-likeness (QED) is 0.208. The lowest BCUT2D eigenvalue weighted by Gasteiger charge is -2.28. The Labute approximate surface area is 201 Å². The van der Waals surface area contributed by atoms with E-state index in [1.165, 1.54) is 11.8 Å². The Kier molecular flexibility index (Phi) is 8.86. The van der Waals surface area contributed by atoms with E-state index in [1.807, 2.05) is 36.4 Å². The molecule has 0 fully saturated rings. The Morgan fingerprint density at radius 3 is 2.81 bits per heavy atom. The van der Waals surface area contributed by atoms with Crippen LogP contribution in [0.4, 0.5) is 5.69 Å². The van der Waals surface area contributed by atoms with Crippen LogP contribution in [0.3, 0.4) is 0 Å². The van der Waals surface area contributed by atoms with Crippen LogP contribution in [0.1, 0.15) is 31.4 Å². The van der Waals surface area contributed by atoms with Crippen molar-refractivity contribution in [1.29, 1.82) is 0 Å². The molecule has 1 aromatic heterocycles. The number of thiazole rings is 1. The summed E-state index contributed by atoms with van der Waals surface area (Å²) in [5.74, 6) is 0.370. The van der Waals surface area contributed by atoms with Gasteiger partial charge in [0.15, 0.2) is 4.34 Å². The van der Waals surface area contributed by atoms with E-state index >= 15 is 0 Å². The number of hydrogen-bond donors (Lipinski definition) is 2. The van der Waals surface area contributed by atoms with Gasteiger partial charge in [0.25, 0.3) is 0 Å². The molecule has 0 aliphatic carbocycles. The average Bonchev–Trinajstić information content (AvgIpc) is 3.14. The Balaban J connectivity index is 1.40. The number of benzene rings is 2. The van der Waals surface area contributed by atoms with E-state index in [0.717, 1.165) is 45.2 Å². The second-order valence-electron chi connectivity index (χ2n) is 7.28. The molecular formula is C22H26Cl2N4OS2. The number of amides is 1. The molecule has 31 heavy (non-hydrogen) atoms. The van der Waals surface area contributed by atoms with Gasteiger partial charge in [0, 0.05) is 24.8 Å². The third-order valence-electron chi connectivity index (χ3n) is 4.98. The van der Waals surface area contributed by atoms with Crippen molar-refractivity contribution < 1.29 is 4.79 Å². The van der Waals surface area contributed by atoms with Crippen LogP contribution in [0.5, 0.6) is 0 Å². The molecule has 1 heterocycles. The van der Waals surface area contributed by atoms with Crippen molar-refractivity contribution in [2.24, 2.45) is 0 Å². The van der Waals surface area contributed by atoms with Gasteiger partial charge in [-0.25, -0.2) is 4.98 Å². The van der Waals surface area contributed by atoms with Gasteiger partial charge in [0.2, 0.25) is 5.91 Å². The molecule has 0 spiro atoms. The molecule has 3 aromatic rings. The monoisotopic (exact) mass is 496 g/mol. The van der Waals surface area contributed by atoms with Crippen LogP contribution in [0.25, 0.3) is 10.2 Å². The minimum Gasteiger partial charge on any atom is -0.399 e. The smallest absolute Gasteiger partial charge is 0.230 e. The van der Waals surface area contributed by atoms with E-state index in [0.29, 0.717) is 22.3 Å². The topological polar surface area (TPSA) is 71.2 Å². The number of nitrogens with one attached hydrogen (secondary N) is 1. The first-order valence-corrected chi connectivity index (χ1v) is 12.6. The number of hydrogen-bond acceptors (Lipinski definition) is 6. The molecule has 9 heteroatoms. The van der Waals surface area contributed by atoms with Crippen LogP contribution in [-0.2, 0) is 4.79 Å². The predicted octanol–water partition coefficient (Wildman–Crippen LogP) is 5.87. The minimum atomic E-state index is 0.0166. The Bertz CT molecular complexity index is 1040. The molecular weight excluding hydrogens is 471 g/mol. The number of carbonyl (C=O) groups is 1. The van der Waals surface area contributed by atoms with Gasteiger partial charge in [-0.3, -0.25) is 9.69 Å². The normalized spacial score (nSPS) is 12.4. The van der Waals surface area contributed by atoms with Crippen LogP contribution >= 0.6 is 46.3 Å². The fourth-order valence-electron chi connectivity index (χ4n) is 3.39. The SMILES string of the molecule is CCC(c1ccc(Cl)c(Cl)c1)N(C)CCCNC(=O)CSc1nc2ccc(N)cc2s1. The van der Waals surface area contributed by atoms with E-state index in [2.05, 4.69) is 29.2 Å². The molecule has 5 nitrogen and oxygen atoms in total. The minimum absolute atomic E-state index is 0.0166. The molecule has 0 saturated heterocycles. The standard InChI is InChI=1S/C22H26Cl2N4OS2/c1-3-19(14-5-7-16(23)17(24)11-14)28(2)10-4-9-26-21(29)13-30-22-27-18-8-6-15(25)12-20(18)31-22/h5-8,11-12,19H,3-4,9-10,13,25H2,1-2H3,(H,26,29). The van der Waals surface area contributed by atoms with Gasteiger partial charge in [-0.1, -0.05) is 48.0 Å². The van der Waals surface area contributed by atoms with Gasteiger partial charge in [0.1, 0.15) is 0 Å². The third-order valence-corrected chi connectivity index (χ3v) is 7.88. The summed E-state index contributed by atoms with van der Waals surface area (Å²) in [5.41, 5.74) is 8.60. The zero-order chi connectivity index (χ0) is 22.4. The summed E-state index contributed by atoms with van der Waals surface area (Å²) in [6, 6.07) is 11.7. The van der Waals surface area contributed by atoms with Crippen molar-refractivity contribution in [2.45, 2.75) is 30.1 Å². The summed E-state index contributed by atoms with van der Waals surface area (Å²) in [6.07, 6.45) is 1.83. The average molecular weight is 498 g/mol. The molecule has 0 radical (unpaired) electrons. The molecule has 1 amide bonds. The van der Waals surface area contributed by atoms with Gasteiger partial charge in [-0.05, 0) is 55.8 Å². The third kappa shape index (κ3) is 6.73. The number of rotatable bonds is 10. The molecule has 166 valence electrons. The molecule has 1 unspecified atom stereocenters. The molecule has 1 atom stereocenters. The van der Waals surface area contributed by atoms with Crippen LogP contribution in [0.15, 0.2) is 40.7 Å². The summed E-state index contributed by atoms with van der Waals surface area (Å²) in [5, 5.41) is 4.14. The fraction of sp³-hybridized carbons (Fsp3) is 0.364. The van der Waals surface area contributed by atoms with Gasteiger partial charge in [-0.2, -0.15) is 0 Å². The number of nitrogen functional groups attached to an aromatic ring is 1. The molecule has 0 aliphatic rings. The number of anilines is 1. The summed E-state index contributed by atoms with van der Waals surface area (Å²) < 4.78 is 1.92. The number of carbonyl (C=O) groups excluding carboxylic acids is 1. The maximum Gasteiger partial charge on any atom is 0.230 e. The Hall–Kier alpha value is -1.51. The Morgan fingerprint density at radius 2 is 2.06 bits per heavy atom. The van der Waals surface area contributed by atoms with Crippen LogP contribution in [0.2, 0.25) is 10.0 Å². The lowest BCUT2D eigenvalue weighted by Crippen LogP contribution is -2.31. The lowest BCUT2D eigenvalue weighted by molar-refractivity contribution is -0.118. The second kappa shape index (κ2) is 11.4. The number of nitrogens with zero attached hydrogens (tertiary/aromatic N) is 2. The van der Waals surface area contributed by atoms with Crippen LogP contribution in [0, 0.1) is 0 Å². The van der Waals surface area contributed by atoms with Gasteiger partial charge >= 0.3 is 0 Å². The van der Waals surface area contributed by atoms with Crippen LogP contribution in [-0.4, -0.2) is 41.7 Å². The van der Waals surface area contributed by atoms with E-state index in [-0.39, 0.29) is 11.9 Å². The number of fused-ring (bicyclic) bond motifs is 1. The van der Waals surface area contributed by atoms with Crippen molar-refractivity contribution in [3.8, 4) is 0 Å². The maximum atomic E-state index is 12.2. The van der Waals surface area contributed by atoms with E-state index in [4.69, 9.17) is 28.9 Å². The van der Waals surface area contributed by atoms with Crippen molar-refractivity contribution >= 4 is 68.1 Å². The van der Waals surface area contributed by atoms with E-state index < -0.39 is 0 Å². The molecule has 0 bridgehead atoms. The van der Waals surface area contributed by atoms with Crippen molar-refractivity contribution in [3.05, 3.63) is 52.0 Å². The highest BCUT2D eigenvalue weighted by Crippen LogP contribution is 2.31. The first kappa shape index (κ1) is 24.1. The first-order chi connectivity index (χ1) is 14.9. The Morgan fingerprint density at radius 1 is 1.26 bits per heavy atom. The lowest BCUT2D eigenvalue weighted by atomic mass is 10.0. The van der Waals surface area contributed by atoms with Crippen molar-refractivity contribution in [2.75, 3.05) is 31.6 Å². The predicted molar refractivity (Wildman–Crippen MR) is 135 cm³/mol.